The van der Waals surface area contributed by atoms with Gasteiger partial charge in [-0.1, -0.05) is 0 Å². The SMILES string of the molecule is Cn1nc2c(c1C=CC(=O)c1cnc3ncccn13)CCCC2. The topological polar surface area (TPSA) is 65.1 Å². The van der Waals surface area contributed by atoms with Crippen molar-refractivity contribution in [3.63, 3.8) is 0 Å². The second kappa shape index (κ2) is 5.46. The lowest BCUT2D eigenvalue weighted by atomic mass is 9.95. The van der Waals surface area contributed by atoms with Crippen LogP contribution >= 0.6 is 0 Å². The van der Waals surface area contributed by atoms with Crippen molar-refractivity contribution < 1.29 is 4.79 Å². The molecule has 116 valence electrons. The van der Waals surface area contributed by atoms with Crippen LogP contribution in [0.2, 0.25) is 0 Å². The van der Waals surface area contributed by atoms with Gasteiger partial charge in [0.05, 0.1) is 17.6 Å². The number of carbonyl (C=O) groups excluding carboxylic acids is 1. The molecule has 1 aliphatic rings. The summed E-state index contributed by atoms with van der Waals surface area (Å²) in [5.74, 6) is 0.443. The lowest BCUT2D eigenvalue weighted by Gasteiger charge is -2.09. The number of nitrogens with zero attached hydrogens (tertiary/aromatic N) is 5. The third-order valence-electron chi connectivity index (χ3n) is 4.30. The van der Waals surface area contributed by atoms with Gasteiger partial charge in [0, 0.05) is 25.0 Å². The molecule has 0 atom stereocenters. The molecule has 4 rings (SSSR count). The largest absolute Gasteiger partial charge is 0.288 e. The molecule has 3 aromatic heterocycles. The Balaban J connectivity index is 1.66. The van der Waals surface area contributed by atoms with Gasteiger partial charge in [0.15, 0.2) is 0 Å². The highest BCUT2D eigenvalue weighted by Crippen LogP contribution is 2.24. The number of carbonyl (C=O) groups is 1. The molecule has 0 aliphatic heterocycles. The van der Waals surface area contributed by atoms with E-state index >= 15 is 0 Å². The average Bonchev–Trinajstić information content (AvgIpc) is 3.13. The summed E-state index contributed by atoms with van der Waals surface area (Å²) in [5, 5.41) is 4.57. The molecular formula is C17H17N5O. The molecular weight excluding hydrogens is 290 g/mol. The molecule has 0 saturated carbocycles. The lowest BCUT2D eigenvalue weighted by molar-refractivity contribution is 0.104. The van der Waals surface area contributed by atoms with E-state index in [9.17, 15) is 4.79 Å². The molecule has 0 fully saturated rings. The molecule has 3 aromatic rings. The summed E-state index contributed by atoms with van der Waals surface area (Å²) in [7, 11) is 1.93. The molecule has 0 saturated heterocycles. The summed E-state index contributed by atoms with van der Waals surface area (Å²) in [6.07, 6.45) is 12.9. The van der Waals surface area contributed by atoms with Crippen LogP contribution in [-0.4, -0.2) is 29.9 Å². The first-order valence-electron chi connectivity index (χ1n) is 7.79. The first-order chi connectivity index (χ1) is 11.2. The zero-order valence-electron chi connectivity index (χ0n) is 12.9. The maximum absolute atomic E-state index is 12.5. The number of aryl methyl sites for hydroxylation is 2. The van der Waals surface area contributed by atoms with Crippen molar-refractivity contribution in [1.82, 2.24) is 24.1 Å². The maximum atomic E-state index is 12.5. The summed E-state index contributed by atoms with van der Waals surface area (Å²) in [6.45, 7) is 0. The minimum Gasteiger partial charge on any atom is -0.288 e. The number of fused-ring (bicyclic) bond motifs is 2. The molecule has 0 bridgehead atoms. The van der Waals surface area contributed by atoms with E-state index < -0.39 is 0 Å². The van der Waals surface area contributed by atoms with Gasteiger partial charge in [-0.3, -0.25) is 13.9 Å². The molecule has 6 nitrogen and oxygen atoms in total. The minimum absolute atomic E-state index is 0.0868. The number of ketones is 1. The van der Waals surface area contributed by atoms with E-state index in [0.717, 1.165) is 18.5 Å². The number of allylic oxidation sites excluding steroid dienone is 1. The Bertz CT molecular complexity index is 918. The maximum Gasteiger partial charge on any atom is 0.234 e. The van der Waals surface area contributed by atoms with Gasteiger partial charge in [-0.05, 0) is 43.9 Å². The van der Waals surface area contributed by atoms with Crippen LogP contribution in [0.4, 0.5) is 0 Å². The molecule has 0 spiro atoms. The molecule has 0 amide bonds. The lowest BCUT2D eigenvalue weighted by Crippen LogP contribution is -2.02. The first-order valence-corrected chi connectivity index (χ1v) is 7.79. The number of hydrogen-bond donors (Lipinski definition) is 0. The van der Waals surface area contributed by atoms with Gasteiger partial charge < -0.3 is 0 Å². The van der Waals surface area contributed by atoms with E-state index in [-0.39, 0.29) is 5.78 Å². The highest BCUT2D eigenvalue weighted by molar-refractivity contribution is 6.05. The molecule has 1 aliphatic carbocycles. The molecule has 23 heavy (non-hydrogen) atoms. The zero-order valence-corrected chi connectivity index (χ0v) is 12.9. The Morgan fingerprint density at radius 1 is 1.26 bits per heavy atom. The van der Waals surface area contributed by atoms with E-state index in [1.807, 2.05) is 17.8 Å². The number of rotatable bonds is 3. The molecule has 0 N–H and O–H groups in total. The van der Waals surface area contributed by atoms with Crippen LogP contribution in [0.5, 0.6) is 0 Å². The van der Waals surface area contributed by atoms with Crippen molar-refractivity contribution in [3.05, 3.63) is 53.4 Å². The summed E-state index contributed by atoms with van der Waals surface area (Å²) >= 11 is 0. The quantitative estimate of drug-likeness (QED) is 0.550. The van der Waals surface area contributed by atoms with E-state index in [0.29, 0.717) is 11.5 Å². The standard InChI is InChI=1S/C17H17N5O/c1-21-14(12-5-2-3-6-13(12)20-21)7-8-16(23)15-11-19-17-18-9-4-10-22(15)17/h4,7-11H,2-3,5-6H2,1H3. The van der Waals surface area contributed by atoms with E-state index in [2.05, 4.69) is 15.1 Å². The fourth-order valence-corrected chi connectivity index (χ4v) is 3.16. The fraction of sp³-hybridized carbons (Fsp3) is 0.294. The van der Waals surface area contributed by atoms with Crippen molar-refractivity contribution >= 4 is 17.6 Å². The summed E-state index contributed by atoms with van der Waals surface area (Å²) in [4.78, 5) is 20.8. The summed E-state index contributed by atoms with van der Waals surface area (Å²) < 4.78 is 3.57. The predicted molar refractivity (Wildman–Crippen MR) is 86.2 cm³/mol. The van der Waals surface area contributed by atoms with Crippen LogP contribution in [0.1, 0.15) is 40.3 Å². The Morgan fingerprint density at radius 2 is 2.13 bits per heavy atom. The minimum atomic E-state index is -0.0868. The third kappa shape index (κ3) is 2.36. The second-order valence-electron chi connectivity index (χ2n) is 5.77. The summed E-state index contributed by atoms with van der Waals surface area (Å²) in [6, 6.07) is 1.78. The van der Waals surface area contributed by atoms with Gasteiger partial charge in [0.2, 0.25) is 11.6 Å². The van der Waals surface area contributed by atoms with Gasteiger partial charge in [-0.15, -0.1) is 0 Å². The highest BCUT2D eigenvalue weighted by Gasteiger charge is 2.18. The van der Waals surface area contributed by atoms with Crippen LogP contribution in [0.15, 0.2) is 30.7 Å². The van der Waals surface area contributed by atoms with E-state index in [1.165, 1.54) is 24.1 Å². The Kier molecular flexibility index (Phi) is 3.29. The van der Waals surface area contributed by atoms with Crippen molar-refractivity contribution in [2.24, 2.45) is 7.05 Å². The fourth-order valence-electron chi connectivity index (χ4n) is 3.16. The van der Waals surface area contributed by atoms with Crippen molar-refractivity contribution in [2.45, 2.75) is 25.7 Å². The normalized spacial score (nSPS) is 14.5. The van der Waals surface area contributed by atoms with Crippen LogP contribution in [0.25, 0.3) is 11.9 Å². The third-order valence-corrected chi connectivity index (χ3v) is 4.30. The Labute approximate surface area is 133 Å². The number of imidazole rings is 1. The molecule has 0 radical (unpaired) electrons. The number of hydrogen-bond acceptors (Lipinski definition) is 4. The molecule has 6 heteroatoms. The van der Waals surface area contributed by atoms with Gasteiger partial charge in [-0.2, -0.15) is 5.10 Å². The first kappa shape index (κ1) is 13.9. The van der Waals surface area contributed by atoms with Gasteiger partial charge >= 0.3 is 0 Å². The van der Waals surface area contributed by atoms with Crippen molar-refractivity contribution in [3.8, 4) is 0 Å². The predicted octanol–water partition coefficient (Wildman–Crippen LogP) is 2.24. The van der Waals surface area contributed by atoms with Crippen LogP contribution in [0, 0.1) is 0 Å². The van der Waals surface area contributed by atoms with Crippen molar-refractivity contribution in [2.75, 3.05) is 0 Å². The van der Waals surface area contributed by atoms with E-state index in [4.69, 9.17) is 0 Å². The molecule has 0 unspecified atom stereocenters. The van der Waals surface area contributed by atoms with Gasteiger partial charge in [-0.25, -0.2) is 9.97 Å². The van der Waals surface area contributed by atoms with Crippen LogP contribution in [0.3, 0.4) is 0 Å². The van der Waals surface area contributed by atoms with E-state index in [1.54, 1.807) is 35.1 Å². The molecule has 0 aromatic carbocycles. The second-order valence-corrected chi connectivity index (χ2v) is 5.77. The Hall–Kier alpha value is -2.76. The number of aromatic nitrogens is 5. The zero-order chi connectivity index (χ0) is 15.8. The van der Waals surface area contributed by atoms with Crippen molar-refractivity contribution in [1.29, 1.82) is 0 Å². The highest BCUT2D eigenvalue weighted by atomic mass is 16.1. The monoisotopic (exact) mass is 307 g/mol. The van der Waals surface area contributed by atoms with Gasteiger partial charge in [0.25, 0.3) is 0 Å². The average molecular weight is 307 g/mol. The Morgan fingerprint density at radius 3 is 3.04 bits per heavy atom. The van der Waals surface area contributed by atoms with Crippen LogP contribution < -0.4 is 0 Å². The smallest absolute Gasteiger partial charge is 0.234 e. The molecule has 3 heterocycles. The van der Waals surface area contributed by atoms with Gasteiger partial charge in [0.1, 0.15) is 5.69 Å². The van der Waals surface area contributed by atoms with Crippen LogP contribution in [-0.2, 0) is 19.9 Å². The summed E-state index contributed by atoms with van der Waals surface area (Å²) in [5.41, 5.74) is 3.99.